The van der Waals surface area contributed by atoms with E-state index in [1.807, 2.05) is 6.07 Å². The number of carbonyl (C=O) groups is 1. The van der Waals surface area contributed by atoms with Gasteiger partial charge in [0.1, 0.15) is 11.4 Å². The van der Waals surface area contributed by atoms with E-state index in [-0.39, 0.29) is 11.5 Å². The number of rotatable bonds is 2. The highest BCUT2D eigenvalue weighted by Crippen LogP contribution is 2.33. The first-order valence-corrected chi connectivity index (χ1v) is 8.36. The van der Waals surface area contributed by atoms with Crippen LogP contribution in [0, 0.1) is 17.1 Å². The minimum atomic E-state index is -4.69. The molecule has 0 radical (unpaired) electrons. The Morgan fingerprint density at radius 1 is 1.19 bits per heavy atom. The fraction of sp³-hybridized carbons (Fsp3) is 0.222. The molecule has 142 valence electrons. The van der Waals surface area contributed by atoms with Crippen molar-refractivity contribution in [3.63, 3.8) is 0 Å². The topological polar surface area (TPSA) is 73.1 Å². The van der Waals surface area contributed by atoms with Gasteiger partial charge in [0.25, 0.3) is 5.91 Å². The average Bonchev–Trinajstić information content (AvgIpc) is 3.15. The van der Waals surface area contributed by atoms with E-state index in [4.69, 9.17) is 5.26 Å². The van der Waals surface area contributed by atoms with E-state index < -0.39 is 28.8 Å². The van der Waals surface area contributed by atoms with Crippen molar-refractivity contribution in [2.24, 2.45) is 0 Å². The van der Waals surface area contributed by atoms with Gasteiger partial charge in [-0.1, -0.05) is 0 Å². The zero-order valence-electron chi connectivity index (χ0n) is 14.2. The molecule has 0 atom stereocenters. The van der Waals surface area contributed by atoms with Gasteiger partial charge in [0, 0.05) is 10.4 Å². The molecule has 0 aliphatic heterocycles. The summed E-state index contributed by atoms with van der Waals surface area (Å²) in [5.41, 5.74) is -3.53. The minimum absolute atomic E-state index is 0.0764. The molecule has 1 aromatic carbocycles. The van der Waals surface area contributed by atoms with Crippen molar-refractivity contribution < 1.29 is 27.5 Å². The summed E-state index contributed by atoms with van der Waals surface area (Å²) in [5, 5.41) is 20.1. The monoisotopic (exact) mass is 398 g/mol. The number of fused-ring (bicyclic) bond motifs is 2. The molecule has 0 spiro atoms. The molecule has 0 saturated heterocycles. The van der Waals surface area contributed by atoms with Crippen LogP contribution in [0.3, 0.4) is 0 Å². The molecule has 3 aromatic rings. The van der Waals surface area contributed by atoms with E-state index in [0.717, 1.165) is 21.5 Å². The maximum atomic E-state index is 12.7. The maximum Gasteiger partial charge on any atom is 0.417 e. The second kappa shape index (κ2) is 7.50. The van der Waals surface area contributed by atoms with Gasteiger partial charge in [-0.3, -0.25) is 4.79 Å². The first-order valence-electron chi connectivity index (χ1n) is 7.54. The number of alkyl halides is 3. The number of amides is 1. The molecular weight excluding hydrogens is 384 g/mol. The summed E-state index contributed by atoms with van der Waals surface area (Å²) in [5.74, 6) is -0.919. The van der Waals surface area contributed by atoms with Crippen LogP contribution in [-0.2, 0) is 11.0 Å². The Bertz CT molecular complexity index is 984. The van der Waals surface area contributed by atoms with Crippen molar-refractivity contribution in [1.82, 2.24) is 0 Å². The fourth-order valence-electron chi connectivity index (χ4n) is 1.99. The molecule has 1 amide bonds. The predicted octanol–water partition coefficient (Wildman–Crippen LogP) is 4.76. The normalized spacial score (nSPS) is 11.6. The molecule has 0 saturated carbocycles. The molecule has 2 N–H and O–H groups in total. The zero-order chi connectivity index (χ0) is 20.4. The van der Waals surface area contributed by atoms with Crippen molar-refractivity contribution in [2.45, 2.75) is 25.6 Å². The van der Waals surface area contributed by atoms with E-state index >= 15 is 0 Å². The van der Waals surface area contributed by atoms with E-state index in [9.17, 15) is 27.5 Å². The summed E-state index contributed by atoms with van der Waals surface area (Å²) in [6.45, 7) is 2.41. The SMILES string of the molecule is CC(C)(O)C(=O)Nc1ccc(C#N)c(C(F)(F)F)c1.Fc1cc2ccc1s2. The Labute approximate surface area is 156 Å². The van der Waals surface area contributed by atoms with E-state index in [1.54, 1.807) is 12.1 Å². The lowest BCUT2D eigenvalue weighted by Crippen LogP contribution is -2.36. The third kappa shape index (κ3) is 5.15. The van der Waals surface area contributed by atoms with Gasteiger partial charge >= 0.3 is 6.18 Å². The number of thiophene rings is 2. The van der Waals surface area contributed by atoms with Gasteiger partial charge in [-0.15, -0.1) is 11.3 Å². The van der Waals surface area contributed by atoms with Gasteiger partial charge in [-0.2, -0.15) is 18.4 Å². The predicted molar refractivity (Wildman–Crippen MR) is 94.1 cm³/mol. The molecule has 3 rings (SSSR count). The minimum Gasteiger partial charge on any atom is -0.381 e. The van der Waals surface area contributed by atoms with Crippen LogP contribution >= 0.6 is 11.3 Å². The fourth-order valence-corrected chi connectivity index (χ4v) is 2.84. The average molecular weight is 398 g/mol. The summed E-state index contributed by atoms with van der Waals surface area (Å²) >= 11 is 1.49. The Morgan fingerprint density at radius 3 is 2.22 bits per heavy atom. The van der Waals surface area contributed by atoms with Crippen LogP contribution in [0.2, 0.25) is 0 Å². The highest BCUT2D eigenvalue weighted by atomic mass is 32.1. The summed E-state index contributed by atoms with van der Waals surface area (Å²) in [4.78, 5) is 11.4. The largest absolute Gasteiger partial charge is 0.417 e. The molecule has 9 heteroatoms. The molecule has 2 bridgehead atoms. The van der Waals surface area contributed by atoms with Crippen LogP contribution < -0.4 is 5.32 Å². The number of nitrogens with zero attached hydrogens (tertiary/aromatic N) is 1. The second-order valence-corrected chi connectivity index (χ2v) is 7.19. The molecular formula is C18H14F4N2O2S. The van der Waals surface area contributed by atoms with Gasteiger partial charge < -0.3 is 10.4 Å². The van der Waals surface area contributed by atoms with Crippen LogP contribution in [0.15, 0.2) is 36.4 Å². The molecule has 0 fully saturated rings. The highest BCUT2D eigenvalue weighted by Gasteiger charge is 2.34. The highest BCUT2D eigenvalue weighted by molar-refractivity contribution is 7.24. The Hall–Kier alpha value is -2.70. The molecule has 0 aliphatic carbocycles. The summed E-state index contributed by atoms with van der Waals surface area (Å²) in [7, 11) is 0. The lowest BCUT2D eigenvalue weighted by molar-refractivity contribution is -0.137. The number of nitriles is 1. The summed E-state index contributed by atoms with van der Waals surface area (Å²) < 4.78 is 52.2. The number of nitrogens with one attached hydrogen (secondary N) is 1. The van der Waals surface area contributed by atoms with Gasteiger partial charge in [-0.25, -0.2) is 4.39 Å². The molecule has 0 aliphatic rings. The van der Waals surface area contributed by atoms with E-state index in [2.05, 4.69) is 5.32 Å². The lowest BCUT2D eigenvalue weighted by atomic mass is 10.1. The van der Waals surface area contributed by atoms with Crippen molar-refractivity contribution in [2.75, 3.05) is 5.32 Å². The Morgan fingerprint density at radius 2 is 1.85 bits per heavy atom. The molecule has 0 unspecified atom stereocenters. The Kier molecular flexibility index (Phi) is 5.73. The number of aliphatic hydroxyl groups is 1. The van der Waals surface area contributed by atoms with Gasteiger partial charge in [0.15, 0.2) is 0 Å². The van der Waals surface area contributed by atoms with Crippen LogP contribution in [0.4, 0.5) is 23.2 Å². The van der Waals surface area contributed by atoms with Crippen molar-refractivity contribution in [3.05, 3.63) is 53.3 Å². The molecule has 2 aromatic heterocycles. The number of benzene rings is 2. The molecule has 27 heavy (non-hydrogen) atoms. The number of carbonyl (C=O) groups excluding carboxylic acids is 1. The zero-order valence-corrected chi connectivity index (χ0v) is 15.0. The lowest BCUT2D eigenvalue weighted by Gasteiger charge is -2.17. The van der Waals surface area contributed by atoms with Crippen molar-refractivity contribution in [3.8, 4) is 6.07 Å². The third-order valence-electron chi connectivity index (χ3n) is 3.39. The summed E-state index contributed by atoms with van der Waals surface area (Å²) in [6, 6.07) is 9.49. The number of hydrogen-bond donors (Lipinski definition) is 2. The Balaban J connectivity index is 0.000000266. The van der Waals surface area contributed by atoms with Gasteiger partial charge in [0.05, 0.1) is 21.9 Å². The first kappa shape index (κ1) is 20.6. The van der Waals surface area contributed by atoms with E-state index in [0.29, 0.717) is 6.07 Å². The second-order valence-electron chi connectivity index (χ2n) is 6.08. The first-order chi connectivity index (χ1) is 12.4. The number of anilines is 1. The van der Waals surface area contributed by atoms with Gasteiger partial charge in [0.2, 0.25) is 0 Å². The van der Waals surface area contributed by atoms with E-state index in [1.165, 1.54) is 31.3 Å². The van der Waals surface area contributed by atoms with Crippen LogP contribution in [-0.4, -0.2) is 16.6 Å². The third-order valence-corrected chi connectivity index (χ3v) is 4.43. The standard InChI is InChI=1S/C12H11F3N2O2.C6H3FS/c1-11(2,19)10(18)17-8-4-3-7(6-16)9(5-8)12(13,14)15;7-5-3-4-1-2-6(5)8-4/h3-5,19H,1-2H3,(H,17,18);1-3H. The number of halogens is 4. The quantitative estimate of drug-likeness (QED) is 0.611. The molecule has 4 nitrogen and oxygen atoms in total. The smallest absolute Gasteiger partial charge is 0.381 e. The summed E-state index contributed by atoms with van der Waals surface area (Å²) in [6.07, 6.45) is -4.69. The van der Waals surface area contributed by atoms with Crippen LogP contribution in [0.1, 0.15) is 25.0 Å². The number of hydrogen-bond acceptors (Lipinski definition) is 4. The molecule has 2 heterocycles. The van der Waals surface area contributed by atoms with Crippen molar-refractivity contribution in [1.29, 1.82) is 5.26 Å². The van der Waals surface area contributed by atoms with Gasteiger partial charge in [-0.05, 0) is 50.2 Å². The van der Waals surface area contributed by atoms with Crippen LogP contribution in [0.25, 0.3) is 9.40 Å². The maximum absolute atomic E-state index is 12.7. The van der Waals surface area contributed by atoms with Crippen molar-refractivity contribution >= 4 is 32.3 Å². The van der Waals surface area contributed by atoms with Crippen LogP contribution in [0.5, 0.6) is 0 Å².